The van der Waals surface area contributed by atoms with Gasteiger partial charge in [-0.1, -0.05) is 24.3 Å². The van der Waals surface area contributed by atoms with Gasteiger partial charge in [-0.25, -0.2) is 0 Å². The maximum absolute atomic E-state index is 13.0. The Morgan fingerprint density at radius 3 is 2.67 bits per heavy atom. The highest BCUT2D eigenvalue weighted by molar-refractivity contribution is 6.06. The van der Waals surface area contributed by atoms with Crippen LogP contribution in [0.15, 0.2) is 36.4 Å². The van der Waals surface area contributed by atoms with E-state index in [1.807, 2.05) is 30.3 Å². The van der Waals surface area contributed by atoms with E-state index in [2.05, 4.69) is 25.7 Å². The molecule has 3 nitrogen and oxygen atoms in total. The highest BCUT2D eigenvalue weighted by Crippen LogP contribution is 2.28. The molecule has 3 heteroatoms. The molecular weight excluding hydrogens is 298 g/mol. The molecule has 126 valence electrons. The lowest BCUT2D eigenvalue weighted by Crippen LogP contribution is -2.48. The van der Waals surface area contributed by atoms with Gasteiger partial charge in [-0.3, -0.25) is 14.5 Å². The predicted molar refractivity (Wildman–Crippen MR) is 97.7 cm³/mol. The van der Waals surface area contributed by atoms with Gasteiger partial charge in [0, 0.05) is 29.1 Å². The second-order valence-corrected chi connectivity index (χ2v) is 7.72. The Bertz CT molecular complexity index is 773. The van der Waals surface area contributed by atoms with Gasteiger partial charge in [0.05, 0.1) is 0 Å². The van der Waals surface area contributed by atoms with Crippen LogP contribution < -0.4 is 0 Å². The molecule has 1 saturated heterocycles. The Kier molecular flexibility index (Phi) is 4.55. The molecule has 1 atom stereocenters. The Balaban J connectivity index is 1.92. The van der Waals surface area contributed by atoms with Crippen molar-refractivity contribution in [1.82, 2.24) is 4.90 Å². The van der Waals surface area contributed by atoms with E-state index >= 15 is 0 Å². The lowest BCUT2D eigenvalue weighted by atomic mass is 9.86. The molecule has 3 rings (SSSR count). The molecule has 24 heavy (non-hydrogen) atoms. The first-order valence-electron chi connectivity index (χ1n) is 8.67. The maximum atomic E-state index is 13.0. The predicted octanol–water partition coefficient (Wildman–Crippen LogP) is 4.35. The summed E-state index contributed by atoms with van der Waals surface area (Å²) in [7, 11) is 0. The molecule has 2 aromatic carbocycles. The van der Waals surface area contributed by atoms with Crippen molar-refractivity contribution in [2.75, 3.05) is 13.1 Å². The number of benzene rings is 2. The maximum Gasteiger partial charge on any atom is 0.167 e. The summed E-state index contributed by atoms with van der Waals surface area (Å²) in [4.78, 5) is 26.9. The quantitative estimate of drug-likeness (QED) is 0.622. The number of nitrogens with zero attached hydrogens (tertiary/aromatic N) is 1. The monoisotopic (exact) mass is 323 g/mol. The first-order valence-corrected chi connectivity index (χ1v) is 8.67. The van der Waals surface area contributed by atoms with Crippen molar-refractivity contribution in [3.63, 3.8) is 0 Å². The van der Waals surface area contributed by atoms with Crippen LogP contribution in [0.1, 0.15) is 54.3 Å². The van der Waals surface area contributed by atoms with Crippen LogP contribution in [0, 0.1) is 5.92 Å². The van der Waals surface area contributed by atoms with Crippen molar-refractivity contribution in [3.05, 3.63) is 47.5 Å². The smallest absolute Gasteiger partial charge is 0.167 e. The lowest BCUT2D eigenvalue weighted by molar-refractivity contribution is 0.0617. The highest BCUT2D eigenvalue weighted by atomic mass is 16.1. The van der Waals surface area contributed by atoms with Gasteiger partial charge in [0.2, 0.25) is 0 Å². The summed E-state index contributed by atoms with van der Waals surface area (Å²) in [5.41, 5.74) is 1.34. The van der Waals surface area contributed by atoms with Crippen LogP contribution in [-0.4, -0.2) is 35.6 Å². The average molecular weight is 323 g/mol. The van der Waals surface area contributed by atoms with Gasteiger partial charge in [0.15, 0.2) is 12.1 Å². The third-order valence-corrected chi connectivity index (χ3v) is 5.05. The molecule has 1 aliphatic rings. The van der Waals surface area contributed by atoms with Gasteiger partial charge in [-0.05, 0) is 63.1 Å². The topological polar surface area (TPSA) is 37.4 Å². The molecular formula is C21H25NO2. The number of ketones is 1. The van der Waals surface area contributed by atoms with E-state index in [9.17, 15) is 9.59 Å². The zero-order valence-electron chi connectivity index (χ0n) is 14.7. The minimum atomic E-state index is 0.0126. The molecule has 0 aliphatic carbocycles. The number of likely N-dealkylation sites (tertiary alicyclic amines) is 1. The summed E-state index contributed by atoms with van der Waals surface area (Å²) in [5.74, 6) is 0.177. The molecule has 0 aromatic heterocycles. The number of carbonyl (C=O) groups excluding carboxylic acids is 2. The Morgan fingerprint density at radius 2 is 1.96 bits per heavy atom. The molecule has 1 heterocycles. The molecule has 1 fully saturated rings. The molecule has 0 bridgehead atoms. The van der Waals surface area contributed by atoms with Gasteiger partial charge < -0.3 is 0 Å². The van der Waals surface area contributed by atoms with Crippen molar-refractivity contribution >= 4 is 22.8 Å². The van der Waals surface area contributed by atoms with E-state index in [4.69, 9.17) is 0 Å². The van der Waals surface area contributed by atoms with Crippen LogP contribution in [0.5, 0.6) is 0 Å². The van der Waals surface area contributed by atoms with Gasteiger partial charge in [-0.15, -0.1) is 0 Å². The zero-order valence-corrected chi connectivity index (χ0v) is 14.7. The van der Waals surface area contributed by atoms with Gasteiger partial charge in [0.1, 0.15) is 0 Å². The van der Waals surface area contributed by atoms with E-state index < -0.39 is 0 Å². The summed E-state index contributed by atoms with van der Waals surface area (Å²) in [6.45, 7) is 8.43. The van der Waals surface area contributed by atoms with Crippen molar-refractivity contribution in [2.45, 2.75) is 39.2 Å². The van der Waals surface area contributed by atoms with Crippen LogP contribution >= 0.6 is 0 Å². The Morgan fingerprint density at radius 1 is 1.21 bits per heavy atom. The standard InChI is InChI=1S/C21H25NO2/c1-21(2,3)22-10-6-8-16(13-22)20(24)17-11-15-7-4-5-9-19(15)18(12-17)14-23/h4-5,7,9,11-12,14,16H,6,8,10,13H2,1-3H3. The number of fused-ring (bicyclic) bond motifs is 1. The number of Topliss-reactive ketones (excluding diaryl/α,β-unsaturated/α-hetero) is 1. The van der Waals surface area contributed by atoms with Gasteiger partial charge in [0.25, 0.3) is 0 Å². The number of rotatable bonds is 3. The number of aldehydes is 1. The molecule has 0 amide bonds. The molecule has 0 radical (unpaired) electrons. The first kappa shape index (κ1) is 16.8. The summed E-state index contributed by atoms with van der Waals surface area (Å²) in [5, 5.41) is 1.86. The normalized spacial score (nSPS) is 19.4. The third-order valence-electron chi connectivity index (χ3n) is 5.05. The molecule has 2 aromatic rings. The second-order valence-electron chi connectivity index (χ2n) is 7.72. The fourth-order valence-electron chi connectivity index (χ4n) is 3.62. The van der Waals surface area contributed by atoms with E-state index in [1.54, 1.807) is 6.07 Å². The number of carbonyl (C=O) groups is 2. The number of hydrogen-bond donors (Lipinski definition) is 0. The van der Waals surface area contributed by atoms with Crippen molar-refractivity contribution < 1.29 is 9.59 Å². The van der Waals surface area contributed by atoms with E-state index in [-0.39, 0.29) is 17.2 Å². The molecule has 0 spiro atoms. The average Bonchev–Trinajstić information content (AvgIpc) is 2.59. The Labute approximate surface area is 143 Å². The summed E-state index contributed by atoms with van der Waals surface area (Å²) in [6.07, 6.45) is 2.82. The zero-order chi connectivity index (χ0) is 17.3. The first-order chi connectivity index (χ1) is 11.4. The minimum Gasteiger partial charge on any atom is -0.298 e. The second kappa shape index (κ2) is 6.48. The Hall–Kier alpha value is -2.00. The minimum absolute atomic E-state index is 0.0126. The van der Waals surface area contributed by atoms with Crippen molar-refractivity contribution in [2.24, 2.45) is 5.92 Å². The van der Waals surface area contributed by atoms with Crippen LogP contribution in [0.3, 0.4) is 0 Å². The van der Waals surface area contributed by atoms with Crippen LogP contribution in [0.25, 0.3) is 10.8 Å². The third kappa shape index (κ3) is 3.27. The van der Waals surface area contributed by atoms with Crippen molar-refractivity contribution in [3.8, 4) is 0 Å². The van der Waals surface area contributed by atoms with Gasteiger partial charge >= 0.3 is 0 Å². The fraction of sp³-hybridized carbons (Fsp3) is 0.429. The molecule has 1 aliphatic heterocycles. The number of piperidine rings is 1. The fourth-order valence-corrected chi connectivity index (χ4v) is 3.62. The largest absolute Gasteiger partial charge is 0.298 e. The summed E-state index contributed by atoms with van der Waals surface area (Å²) in [6, 6.07) is 11.4. The molecule has 0 N–H and O–H groups in total. The van der Waals surface area contributed by atoms with Crippen molar-refractivity contribution in [1.29, 1.82) is 0 Å². The lowest BCUT2D eigenvalue weighted by Gasteiger charge is -2.41. The highest BCUT2D eigenvalue weighted by Gasteiger charge is 2.31. The van der Waals surface area contributed by atoms with Crippen LogP contribution in [-0.2, 0) is 0 Å². The molecule has 0 saturated carbocycles. The van der Waals surface area contributed by atoms with E-state index in [1.165, 1.54) is 0 Å². The van der Waals surface area contributed by atoms with Gasteiger partial charge in [-0.2, -0.15) is 0 Å². The molecule has 1 unspecified atom stereocenters. The summed E-state index contributed by atoms with van der Waals surface area (Å²) < 4.78 is 0. The van der Waals surface area contributed by atoms with Crippen LogP contribution in [0.4, 0.5) is 0 Å². The summed E-state index contributed by atoms with van der Waals surface area (Å²) >= 11 is 0. The van der Waals surface area contributed by atoms with E-state index in [0.717, 1.165) is 43.0 Å². The number of hydrogen-bond acceptors (Lipinski definition) is 3. The van der Waals surface area contributed by atoms with E-state index in [0.29, 0.717) is 11.1 Å². The van der Waals surface area contributed by atoms with Crippen LogP contribution in [0.2, 0.25) is 0 Å². The SMILES string of the molecule is CC(C)(C)N1CCCC(C(=O)c2cc(C=O)c3ccccc3c2)C1.